The Morgan fingerprint density at radius 3 is 2.76 bits per heavy atom. The molecule has 0 saturated heterocycles. The van der Waals surface area contributed by atoms with Gasteiger partial charge in [-0.25, -0.2) is 14.4 Å². The summed E-state index contributed by atoms with van der Waals surface area (Å²) in [5, 5.41) is 3.16. The summed E-state index contributed by atoms with van der Waals surface area (Å²) in [6.07, 6.45) is 6.64. The number of fused-ring (bicyclic) bond motifs is 2. The summed E-state index contributed by atoms with van der Waals surface area (Å²) >= 11 is 5.85. The van der Waals surface area contributed by atoms with Gasteiger partial charge in [-0.15, -0.1) is 0 Å². The number of hydrogen-bond donors (Lipinski definition) is 1. The molecule has 1 heterocycles. The molecule has 0 aliphatic heterocycles. The number of rotatable bonds is 6. The highest BCUT2D eigenvalue weighted by molar-refractivity contribution is 6.28. The largest absolute Gasteiger partial charge is 0.497 e. The van der Waals surface area contributed by atoms with Crippen molar-refractivity contribution in [2.75, 3.05) is 7.11 Å². The maximum Gasteiger partial charge on any atom is 0.224 e. The van der Waals surface area contributed by atoms with Gasteiger partial charge >= 0.3 is 0 Å². The number of halogens is 2. The Hall–Kier alpha value is -2.47. The van der Waals surface area contributed by atoms with Crippen LogP contribution in [-0.4, -0.2) is 23.0 Å². The van der Waals surface area contributed by atoms with Gasteiger partial charge in [0.25, 0.3) is 0 Å². The van der Waals surface area contributed by atoms with E-state index in [0.29, 0.717) is 6.42 Å². The molecule has 29 heavy (non-hydrogen) atoms. The molecule has 2 aliphatic rings. The lowest BCUT2D eigenvalue weighted by molar-refractivity contribution is -0.127. The highest BCUT2D eigenvalue weighted by Gasteiger charge is 2.48. The fourth-order valence-corrected chi connectivity index (χ4v) is 4.77. The highest BCUT2D eigenvalue weighted by Crippen LogP contribution is 2.49. The van der Waals surface area contributed by atoms with Crippen molar-refractivity contribution < 1.29 is 13.9 Å². The molecule has 0 spiro atoms. The van der Waals surface area contributed by atoms with Crippen molar-refractivity contribution in [1.82, 2.24) is 15.3 Å². The molecule has 5 nitrogen and oxygen atoms in total. The second kappa shape index (κ2) is 8.11. The van der Waals surface area contributed by atoms with Crippen LogP contribution < -0.4 is 10.1 Å². The van der Waals surface area contributed by atoms with Gasteiger partial charge in [0.05, 0.1) is 25.0 Å². The molecule has 1 aromatic heterocycles. The van der Waals surface area contributed by atoms with Gasteiger partial charge in [-0.1, -0.05) is 24.3 Å². The highest BCUT2D eigenvalue weighted by atomic mass is 35.5. The van der Waals surface area contributed by atoms with Gasteiger partial charge < -0.3 is 10.1 Å². The summed E-state index contributed by atoms with van der Waals surface area (Å²) in [4.78, 5) is 20.9. The zero-order chi connectivity index (χ0) is 20.5. The second-order valence-electron chi connectivity index (χ2n) is 7.78. The van der Waals surface area contributed by atoms with E-state index in [1.807, 2.05) is 31.2 Å². The summed E-state index contributed by atoms with van der Waals surface area (Å²) in [6, 6.07) is 7.51. The zero-order valence-corrected chi connectivity index (χ0v) is 17.1. The third kappa shape index (κ3) is 3.99. The van der Waals surface area contributed by atoms with Crippen molar-refractivity contribution in [1.29, 1.82) is 0 Å². The minimum absolute atomic E-state index is 0.00395. The minimum atomic E-state index is -0.480. The van der Waals surface area contributed by atoms with Crippen molar-refractivity contribution in [2.24, 2.45) is 23.7 Å². The number of nitrogens with zero attached hydrogens (tertiary/aromatic N) is 2. The molecular formula is C22H23ClFN3O2. The standard InChI is InChI=1S/C22H23ClFN3O2/c1-12(13-5-7-16(29-2)8-6-13)26-21(28)20-15-4-3-14(9-15)17(20)10-19-18(24)11-25-22(23)27-19/h3-8,11-12,14-15,17,20H,9-10H2,1-2H3,(H,26,28)/t12-,14+,15-,17+,20?/m1/s1. The fraction of sp³-hybridized carbons (Fsp3) is 0.409. The van der Waals surface area contributed by atoms with Gasteiger partial charge in [-0.3, -0.25) is 4.79 Å². The Morgan fingerprint density at radius 2 is 2.03 bits per heavy atom. The third-order valence-corrected chi connectivity index (χ3v) is 6.30. The summed E-state index contributed by atoms with van der Waals surface area (Å²) in [6.45, 7) is 1.96. The van der Waals surface area contributed by atoms with E-state index in [-0.39, 0.29) is 46.6 Å². The first-order valence-corrected chi connectivity index (χ1v) is 10.1. The second-order valence-corrected chi connectivity index (χ2v) is 8.12. The number of hydrogen-bond acceptors (Lipinski definition) is 4. The summed E-state index contributed by atoms with van der Waals surface area (Å²) in [5.74, 6) is 0.500. The van der Waals surface area contributed by atoms with Crippen LogP contribution in [0.3, 0.4) is 0 Å². The van der Waals surface area contributed by atoms with E-state index in [1.54, 1.807) is 7.11 Å². The quantitative estimate of drug-likeness (QED) is 0.569. The molecule has 152 valence electrons. The van der Waals surface area contributed by atoms with E-state index >= 15 is 0 Å². The fourth-order valence-electron chi connectivity index (χ4n) is 4.62. The van der Waals surface area contributed by atoms with Crippen molar-refractivity contribution in [2.45, 2.75) is 25.8 Å². The molecule has 1 N–H and O–H groups in total. The molecule has 1 amide bonds. The molecule has 2 bridgehead atoms. The number of aromatic nitrogens is 2. The molecule has 5 atom stereocenters. The first-order valence-electron chi connectivity index (χ1n) is 9.76. The topological polar surface area (TPSA) is 64.1 Å². The summed E-state index contributed by atoms with van der Waals surface area (Å²) in [5.41, 5.74) is 1.28. The Bertz CT molecular complexity index is 934. The number of nitrogens with one attached hydrogen (secondary N) is 1. The van der Waals surface area contributed by atoms with E-state index in [2.05, 4.69) is 27.4 Å². The molecule has 2 aliphatic carbocycles. The molecule has 7 heteroatoms. The van der Waals surface area contributed by atoms with Crippen molar-refractivity contribution in [3.8, 4) is 5.75 Å². The van der Waals surface area contributed by atoms with Crippen LogP contribution in [0.5, 0.6) is 5.75 Å². The lowest BCUT2D eigenvalue weighted by Gasteiger charge is -2.28. The van der Waals surface area contributed by atoms with Crippen molar-refractivity contribution in [3.05, 3.63) is 65.0 Å². The number of ether oxygens (including phenoxy) is 1. The van der Waals surface area contributed by atoms with Gasteiger partial charge in [0.1, 0.15) is 5.75 Å². The minimum Gasteiger partial charge on any atom is -0.497 e. The van der Waals surface area contributed by atoms with Gasteiger partial charge in [0, 0.05) is 5.92 Å². The van der Waals surface area contributed by atoms with Crippen LogP contribution in [0, 0.1) is 29.5 Å². The molecule has 1 saturated carbocycles. The van der Waals surface area contributed by atoms with Crippen LogP contribution >= 0.6 is 11.6 Å². The van der Waals surface area contributed by atoms with Gasteiger partial charge in [0.15, 0.2) is 5.82 Å². The number of allylic oxidation sites excluding steroid dienone is 2. The predicted octanol–water partition coefficient (Wildman–Crippen LogP) is 4.14. The lowest BCUT2D eigenvalue weighted by Crippen LogP contribution is -2.39. The molecular weight excluding hydrogens is 393 g/mol. The first kappa shape index (κ1) is 19.8. The molecule has 1 fully saturated rings. The smallest absolute Gasteiger partial charge is 0.224 e. The maximum atomic E-state index is 14.2. The number of benzene rings is 1. The Labute approximate surface area is 174 Å². The van der Waals surface area contributed by atoms with Crippen molar-refractivity contribution >= 4 is 17.5 Å². The van der Waals surface area contributed by atoms with Gasteiger partial charge in [-0.2, -0.15) is 0 Å². The van der Waals surface area contributed by atoms with Crippen LogP contribution in [0.15, 0.2) is 42.6 Å². The van der Waals surface area contributed by atoms with E-state index in [1.165, 1.54) is 0 Å². The first-order chi connectivity index (χ1) is 14.0. The maximum absolute atomic E-state index is 14.2. The predicted molar refractivity (Wildman–Crippen MR) is 108 cm³/mol. The lowest BCUT2D eigenvalue weighted by atomic mass is 9.79. The summed E-state index contributed by atoms with van der Waals surface area (Å²) < 4.78 is 19.4. The average molecular weight is 416 g/mol. The van der Waals surface area contributed by atoms with Crippen LogP contribution in [0.25, 0.3) is 0 Å². The molecule has 1 aromatic carbocycles. The molecule has 0 radical (unpaired) electrons. The number of methoxy groups -OCH3 is 1. The average Bonchev–Trinajstić information content (AvgIpc) is 3.32. The monoisotopic (exact) mass is 415 g/mol. The van der Waals surface area contributed by atoms with Crippen LogP contribution in [0.2, 0.25) is 5.28 Å². The number of carbonyl (C=O) groups is 1. The van der Waals surface area contributed by atoms with E-state index in [9.17, 15) is 9.18 Å². The third-order valence-electron chi connectivity index (χ3n) is 6.12. The van der Waals surface area contributed by atoms with E-state index in [4.69, 9.17) is 16.3 Å². The van der Waals surface area contributed by atoms with Crippen molar-refractivity contribution in [3.63, 3.8) is 0 Å². The van der Waals surface area contributed by atoms with Gasteiger partial charge in [-0.05, 0) is 66.8 Å². The van der Waals surface area contributed by atoms with E-state index in [0.717, 1.165) is 23.9 Å². The molecule has 2 aromatic rings. The molecule has 1 unspecified atom stereocenters. The number of amides is 1. The Morgan fingerprint density at radius 1 is 1.31 bits per heavy atom. The van der Waals surface area contributed by atoms with Crippen LogP contribution in [0.1, 0.15) is 30.6 Å². The van der Waals surface area contributed by atoms with Crippen LogP contribution in [-0.2, 0) is 11.2 Å². The number of carbonyl (C=O) groups excluding carboxylic acids is 1. The van der Waals surface area contributed by atoms with Crippen LogP contribution in [0.4, 0.5) is 4.39 Å². The SMILES string of the molecule is COc1ccc([C@@H](C)NC(=O)C2[C@@H]3C=C[C@@H](C3)[C@@H]2Cc2nc(Cl)ncc2F)cc1. The Balaban J connectivity index is 1.50. The van der Waals surface area contributed by atoms with E-state index < -0.39 is 5.82 Å². The summed E-state index contributed by atoms with van der Waals surface area (Å²) in [7, 11) is 1.62. The normalized spacial score (nSPS) is 25.8. The Kier molecular flexibility index (Phi) is 5.54. The molecule has 4 rings (SSSR count). The zero-order valence-electron chi connectivity index (χ0n) is 16.3. The van der Waals surface area contributed by atoms with Gasteiger partial charge in [0.2, 0.25) is 11.2 Å².